The van der Waals surface area contributed by atoms with E-state index in [-0.39, 0.29) is 12.3 Å². The zero-order valence-electron chi connectivity index (χ0n) is 18.4. The summed E-state index contributed by atoms with van der Waals surface area (Å²) in [7, 11) is 0. The molecule has 0 aliphatic heterocycles. The minimum atomic E-state index is -1.22. The lowest BCUT2D eigenvalue weighted by Gasteiger charge is -2.35. The molecule has 34 heavy (non-hydrogen) atoms. The molecule has 1 amide bonds. The van der Waals surface area contributed by atoms with Crippen LogP contribution in [-0.2, 0) is 21.4 Å². The summed E-state index contributed by atoms with van der Waals surface area (Å²) in [4.78, 5) is 26.5. The van der Waals surface area contributed by atoms with Gasteiger partial charge in [-0.1, -0.05) is 103 Å². The lowest BCUT2D eigenvalue weighted by Crippen LogP contribution is -2.52. The summed E-state index contributed by atoms with van der Waals surface area (Å²) < 4.78 is 1.06. The molecule has 0 aromatic heterocycles. The molecule has 0 aliphatic rings. The molecule has 0 saturated carbocycles. The largest absolute Gasteiger partial charge is 0.480 e. The molecule has 4 rings (SSSR count). The molecule has 0 radical (unpaired) electrons. The maximum absolute atomic E-state index is 14.3. The van der Waals surface area contributed by atoms with Crippen LogP contribution in [0.5, 0.6) is 0 Å². The topological polar surface area (TPSA) is 66.4 Å². The fraction of sp³-hybridized carbons (Fsp3) is 0.103. The fourth-order valence-corrected chi connectivity index (χ4v) is 4.64. The Kier molecular flexibility index (Phi) is 7.43. The number of carbonyl (C=O) groups is 2. The molecule has 0 fully saturated rings. The van der Waals surface area contributed by atoms with Crippen molar-refractivity contribution in [3.63, 3.8) is 0 Å². The van der Waals surface area contributed by atoms with E-state index < -0.39 is 17.4 Å². The standard InChI is InChI=1S/C29H24INO3/c30-25-18-16-21(17-19-25)20-26(27(32)33)31-28(34)29(22-10-4-1-5-11-22,23-12-6-2-7-13-23)24-14-8-3-9-15-24/h1-19,26H,20H2,(H,31,34)(H,32,33)/t26-/m1/s1. The molecule has 0 heterocycles. The average molecular weight is 561 g/mol. The van der Waals surface area contributed by atoms with Gasteiger partial charge in [0.1, 0.15) is 11.5 Å². The van der Waals surface area contributed by atoms with Crippen LogP contribution in [0.1, 0.15) is 22.3 Å². The van der Waals surface area contributed by atoms with Gasteiger partial charge in [-0.25, -0.2) is 4.79 Å². The number of benzene rings is 4. The van der Waals surface area contributed by atoms with Crippen LogP contribution >= 0.6 is 22.6 Å². The smallest absolute Gasteiger partial charge is 0.326 e. The van der Waals surface area contributed by atoms with Gasteiger partial charge in [-0.15, -0.1) is 0 Å². The first-order valence-electron chi connectivity index (χ1n) is 11.0. The molecule has 4 aromatic rings. The molecular formula is C29H24INO3. The fourth-order valence-electron chi connectivity index (χ4n) is 4.28. The van der Waals surface area contributed by atoms with Crippen molar-refractivity contribution in [2.75, 3.05) is 0 Å². The quantitative estimate of drug-likeness (QED) is 0.223. The Morgan fingerprint density at radius 1 is 0.706 bits per heavy atom. The summed E-state index contributed by atoms with van der Waals surface area (Å²) in [6.07, 6.45) is 0.187. The molecule has 4 aromatic carbocycles. The first-order valence-corrected chi connectivity index (χ1v) is 12.0. The summed E-state index contributed by atoms with van der Waals surface area (Å²) in [5.41, 5.74) is 1.93. The van der Waals surface area contributed by atoms with Crippen molar-refractivity contribution in [2.45, 2.75) is 17.9 Å². The molecule has 0 bridgehead atoms. The SMILES string of the molecule is O=C(O)[C@@H](Cc1ccc(I)cc1)NC(=O)C(c1ccccc1)(c1ccccc1)c1ccccc1. The van der Waals surface area contributed by atoms with Gasteiger partial charge in [0.05, 0.1) is 0 Å². The van der Waals surface area contributed by atoms with Crippen LogP contribution in [0.25, 0.3) is 0 Å². The lowest BCUT2D eigenvalue weighted by atomic mass is 9.68. The number of nitrogens with one attached hydrogen (secondary N) is 1. The Balaban J connectivity index is 1.83. The van der Waals surface area contributed by atoms with Crippen LogP contribution in [-0.4, -0.2) is 23.0 Å². The van der Waals surface area contributed by atoms with E-state index in [9.17, 15) is 14.7 Å². The molecule has 0 saturated heterocycles. The van der Waals surface area contributed by atoms with E-state index in [0.717, 1.165) is 25.8 Å². The Labute approximate surface area is 212 Å². The van der Waals surface area contributed by atoms with Gasteiger partial charge in [0.25, 0.3) is 0 Å². The first kappa shape index (κ1) is 23.7. The zero-order valence-corrected chi connectivity index (χ0v) is 20.6. The maximum Gasteiger partial charge on any atom is 0.326 e. The molecule has 4 nitrogen and oxygen atoms in total. The van der Waals surface area contributed by atoms with Crippen LogP contribution in [0.2, 0.25) is 0 Å². The highest BCUT2D eigenvalue weighted by Crippen LogP contribution is 2.39. The molecule has 1 atom stereocenters. The summed E-state index contributed by atoms with van der Waals surface area (Å²) in [5, 5.41) is 12.9. The van der Waals surface area contributed by atoms with Gasteiger partial charge in [-0.2, -0.15) is 0 Å². The Morgan fingerprint density at radius 2 is 1.12 bits per heavy atom. The highest BCUT2D eigenvalue weighted by Gasteiger charge is 2.45. The van der Waals surface area contributed by atoms with Crippen molar-refractivity contribution in [3.05, 3.63) is 141 Å². The Hall–Kier alpha value is -3.45. The van der Waals surface area contributed by atoms with Crippen LogP contribution in [0.4, 0.5) is 0 Å². The van der Waals surface area contributed by atoms with E-state index in [2.05, 4.69) is 27.9 Å². The number of halogens is 1. The monoisotopic (exact) mass is 561 g/mol. The minimum Gasteiger partial charge on any atom is -0.480 e. The summed E-state index contributed by atoms with van der Waals surface area (Å²) >= 11 is 2.21. The maximum atomic E-state index is 14.3. The number of amides is 1. The van der Waals surface area contributed by atoms with Crippen molar-refractivity contribution in [2.24, 2.45) is 0 Å². The van der Waals surface area contributed by atoms with Gasteiger partial charge in [0, 0.05) is 9.99 Å². The minimum absolute atomic E-state index is 0.187. The molecule has 0 aliphatic carbocycles. The van der Waals surface area contributed by atoms with Gasteiger partial charge in [-0.3, -0.25) is 4.79 Å². The number of carboxylic acids is 1. The van der Waals surface area contributed by atoms with Crippen molar-refractivity contribution in [1.82, 2.24) is 5.32 Å². The molecule has 2 N–H and O–H groups in total. The predicted molar refractivity (Wildman–Crippen MR) is 142 cm³/mol. The second-order valence-corrected chi connectivity index (χ2v) is 9.29. The number of hydrogen-bond donors (Lipinski definition) is 2. The number of carboxylic acid groups (broad SMARTS) is 1. The van der Waals surface area contributed by atoms with Crippen LogP contribution in [0.3, 0.4) is 0 Å². The van der Waals surface area contributed by atoms with Gasteiger partial charge < -0.3 is 10.4 Å². The van der Waals surface area contributed by atoms with Crippen molar-refractivity contribution in [3.8, 4) is 0 Å². The average Bonchev–Trinajstić information content (AvgIpc) is 2.87. The van der Waals surface area contributed by atoms with Gasteiger partial charge in [-0.05, 0) is 57.0 Å². The number of hydrogen-bond acceptors (Lipinski definition) is 2. The Bertz CT molecular complexity index is 1150. The van der Waals surface area contributed by atoms with Gasteiger partial charge in [0.2, 0.25) is 5.91 Å². The van der Waals surface area contributed by atoms with Crippen LogP contribution < -0.4 is 5.32 Å². The highest BCUT2D eigenvalue weighted by atomic mass is 127. The van der Waals surface area contributed by atoms with Crippen LogP contribution in [0.15, 0.2) is 115 Å². The van der Waals surface area contributed by atoms with Gasteiger partial charge in [0.15, 0.2) is 0 Å². The van der Waals surface area contributed by atoms with Crippen molar-refractivity contribution in [1.29, 1.82) is 0 Å². The number of aliphatic carboxylic acids is 1. The summed E-state index contributed by atoms with van der Waals surface area (Å²) in [6.45, 7) is 0. The second kappa shape index (κ2) is 10.7. The molecule has 0 unspecified atom stereocenters. The van der Waals surface area contributed by atoms with E-state index >= 15 is 0 Å². The van der Waals surface area contributed by atoms with Crippen LogP contribution in [0, 0.1) is 3.57 Å². The third-order valence-corrected chi connectivity index (χ3v) is 6.64. The summed E-state index contributed by atoms with van der Waals surface area (Å²) in [6, 6.07) is 35.1. The third-order valence-electron chi connectivity index (χ3n) is 5.92. The first-order chi connectivity index (χ1) is 16.5. The normalized spacial score (nSPS) is 12.0. The van der Waals surface area contributed by atoms with Crippen molar-refractivity contribution < 1.29 is 14.7 Å². The second-order valence-electron chi connectivity index (χ2n) is 8.04. The molecule has 170 valence electrons. The van der Waals surface area contributed by atoms with Gasteiger partial charge >= 0.3 is 5.97 Å². The molecular weight excluding hydrogens is 537 g/mol. The number of rotatable bonds is 8. The van der Waals surface area contributed by atoms with Crippen molar-refractivity contribution >= 4 is 34.5 Å². The van der Waals surface area contributed by atoms with E-state index in [1.54, 1.807) is 0 Å². The zero-order chi connectivity index (χ0) is 24.0. The predicted octanol–water partition coefficient (Wildman–Crippen LogP) is 5.44. The lowest BCUT2D eigenvalue weighted by molar-refractivity contribution is -0.142. The van der Waals surface area contributed by atoms with E-state index in [0.29, 0.717) is 0 Å². The highest BCUT2D eigenvalue weighted by molar-refractivity contribution is 14.1. The van der Waals surface area contributed by atoms with E-state index in [1.165, 1.54) is 0 Å². The third kappa shape index (κ3) is 4.89. The molecule has 5 heteroatoms. The Morgan fingerprint density at radius 3 is 1.50 bits per heavy atom. The van der Waals surface area contributed by atoms with E-state index in [4.69, 9.17) is 0 Å². The summed E-state index contributed by atoms with van der Waals surface area (Å²) in [5.74, 6) is -1.45. The van der Waals surface area contributed by atoms with E-state index in [1.807, 2.05) is 115 Å². The number of carbonyl (C=O) groups excluding carboxylic acids is 1. The molecule has 0 spiro atoms.